The summed E-state index contributed by atoms with van der Waals surface area (Å²) in [5.74, 6) is 0.889. The monoisotopic (exact) mass is 394 g/mol. The molecule has 0 atom stereocenters. The number of fused-ring (bicyclic) bond motifs is 1. The van der Waals surface area contributed by atoms with Gasteiger partial charge in [0.1, 0.15) is 0 Å². The number of anilines is 1. The largest absolute Gasteiger partial charge is 0.448 e. The molecule has 100 valence electrons. The normalized spacial score (nSPS) is 15.5. The summed E-state index contributed by atoms with van der Waals surface area (Å²) < 4.78 is 7.41. The smallest absolute Gasteiger partial charge is 0.292 e. The number of amides is 1. The average molecular weight is 396 g/mol. The van der Waals surface area contributed by atoms with Crippen LogP contribution in [0.2, 0.25) is 0 Å². The fourth-order valence-corrected chi connectivity index (χ4v) is 3.13. The zero-order chi connectivity index (χ0) is 14.1. The van der Waals surface area contributed by atoms with Gasteiger partial charge in [-0.15, -0.1) is 0 Å². The second-order valence-electron chi connectivity index (χ2n) is 4.12. The van der Waals surface area contributed by atoms with Crippen molar-refractivity contribution in [1.29, 1.82) is 0 Å². The number of pyridine rings is 1. The molecule has 6 heteroatoms. The highest BCUT2D eigenvalue weighted by molar-refractivity contribution is 9.11. The number of nitrogens with one attached hydrogen (secondary N) is 1. The van der Waals surface area contributed by atoms with Gasteiger partial charge in [-0.25, -0.2) is 4.98 Å². The number of nitrogens with zero attached hydrogens (tertiary/aromatic N) is 1. The number of hydrogen-bond donors (Lipinski definition) is 1. The molecule has 0 fully saturated rings. The third-order valence-corrected chi connectivity index (χ3v) is 3.54. The Bertz CT molecular complexity index is 709. The van der Waals surface area contributed by atoms with Crippen LogP contribution in [0.4, 0.5) is 5.82 Å². The topological polar surface area (TPSA) is 51.2 Å². The molecule has 0 aliphatic carbocycles. The van der Waals surface area contributed by atoms with Gasteiger partial charge in [-0.1, -0.05) is 31.9 Å². The molecule has 0 bridgehead atoms. The van der Waals surface area contributed by atoms with Crippen molar-refractivity contribution in [2.75, 3.05) is 5.32 Å². The van der Waals surface area contributed by atoms with Gasteiger partial charge < -0.3 is 10.1 Å². The molecule has 1 aromatic heterocycles. The van der Waals surface area contributed by atoms with Crippen LogP contribution in [0, 0.1) is 0 Å². The van der Waals surface area contributed by atoms with Gasteiger partial charge in [-0.2, -0.15) is 0 Å². The summed E-state index contributed by atoms with van der Waals surface area (Å²) in [6.45, 7) is 0. The molecule has 2 aromatic rings. The van der Waals surface area contributed by atoms with Gasteiger partial charge in [0.05, 0.1) is 0 Å². The molecule has 3 rings (SSSR count). The highest BCUT2D eigenvalue weighted by Gasteiger charge is 2.22. The maximum Gasteiger partial charge on any atom is 0.292 e. The number of aromatic nitrogens is 1. The SMILES string of the molecule is O=C1Nc2ncccc2OC1=Cc1cc(Br)cc(Br)c1. The summed E-state index contributed by atoms with van der Waals surface area (Å²) >= 11 is 6.82. The molecular weight excluding hydrogens is 388 g/mol. The molecule has 0 radical (unpaired) electrons. The summed E-state index contributed by atoms with van der Waals surface area (Å²) in [5, 5.41) is 2.69. The Morgan fingerprint density at radius 2 is 1.95 bits per heavy atom. The molecule has 20 heavy (non-hydrogen) atoms. The summed E-state index contributed by atoms with van der Waals surface area (Å²) in [4.78, 5) is 16.0. The van der Waals surface area contributed by atoms with Gasteiger partial charge in [-0.05, 0) is 42.0 Å². The molecule has 4 nitrogen and oxygen atoms in total. The lowest BCUT2D eigenvalue weighted by Crippen LogP contribution is -2.24. The Balaban J connectivity index is 1.98. The molecule has 0 saturated carbocycles. The molecule has 1 aliphatic rings. The second-order valence-corrected chi connectivity index (χ2v) is 5.95. The number of rotatable bonds is 1. The number of carbonyl (C=O) groups excluding carboxylic acids is 1. The molecule has 1 amide bonds. The van der Waals surface area contributed by atoms with E-state index in [2.05, 4.69) is 42.2 Å². The van der Waals surface area contributed by atoms with Crippen LogP contribution in [0.25, 0.3) is 6.08 Å². The maximum absolute atomic E-state index is 12.0. The van der Waals surface area contributed by atoms with E-state index in [4.69, 9.17) is 4.74 Å². The maximum atomic E-state index is 12.0. The number of carbonyl (C=O) groups is 1. The first-order valence-electron chi connectivity index (χ1n) is 5.74. The van der Waals surface area contributed by atoms with Crippen molar-refractivity contribution >= 4 is 49.7 Å². The quantitative estimate of drug-likeness (QED) is 0.743. The Morgan fingerprint density at radius 1 is 1.20 bits per heavy atom. The number of halogens is 2. The summed E-state index contributed by atoms with van der Waals surface area (Å²) in [5.41, 5.74) is 0.851. The Hall–Kier alpha value is -1.66. The fraction of sp³-hybridized carbons (Fsp3) is 0. The second kappa shape index (κ2) is 5.38. The van der Waals surface area contributed by atoms with Gasteiger partial charge in [0.2, 0.25) is 0 Å². The lowest BCUT2D eigenvalue weighted by molar-refractivity contribution is -0.115. The Labute approximate surface area is 132 Å². The third-order valence-electron chi connectivity index (χ3n) is 2.63. The van der Waals surface area contributed by atoms with Crippen LogP contribution in [-0.4, -0.2) is 10.9 Å². The van der Waals surface area contributed by atoms with Crippen molar-refractivity contribution in [1.82, 2.24) is 4.98 Å². The number of benzene rings is 1. The van der Waals surface area contributed by atoms with Crippen molar-refractivity contribution in [3.63, 3.8) is 0 Å². The van der Waals surface area contributed by atoms with Crippen molar-refractivity contribution in [3.8, 4) is 5.75 Å². The highest BCUT2D eigenvalue weighted by Crippen LogP contribution is 2.29. The van der Waals surface area contributed by atoms with Crippen LogP contribution >= 0.6 is 31.9 Å². The zero-order valence-electron chi connectivity index (χ0n) is 10.1. The van der Waals surface area contributed by atoms with E-state index >= 15 is 0 Å². The molecular formula is C14H8Br2N2O2. The molecule has 2 heterocycles. The molecule has 0 saturated heterocycles. The minimum absolute atomic E-state index is 0.232. The van der Waals surface area contributed by atoms with Gasteiger partial charge in [-0.3, -0.25) is 4.79 Å². The predicted octanol–water partition coefficient (Wildman–Crippen LogP) is 3.98. The third kappa shape index (κ3) is 2.76. The lowest BCUT2D eigenvalue weighted by atomic mass is 10.2. The summed E-state index contributed by atoms with van der Waals surface area (Å²) in [6, 6.07) is 9.22. The average Bonchev–Trinajstić information content (AvgIpc) is 2.38. The van der Waals surface area contributed by atoms with E-state index in [1.54, 1.807) is 24.4 Å². The van der Waals surface area contributed by atoms with Crippen molar-refractivity contribution in [3.05, 3.63) is 56.8 Å². The number of hydrogen-bond acceptors (Lipinski definition) is 3. The summed E-state index contributed by atoms with van der Waals surface area (Å²) in [6.07, 6.45) is 3.28. The lowest BCUT2D eigenvalue weighted by Gasteiger charge is -2.18. The van der Waals surface area contributed by atoms with Crippen molar-refractivity contribution in [2.45, 2.75) is 0 Å². The van der Waals surface area contributed by atoms with E-state index in [0.29, 0.717) is 11.6 Å². The van der Waals surface area contributed by atoms with E-state index in [1.165, 1.54) is 0 Å². The van der Waals surface area contributed by atoms with Gasteiger partial charge >= 0.3 is 0 Å². The predicted molar refractivity (Wildman–Crippen MR) is 83.3 cm³/mol. The van der Waals surface area contributed by atoms with Gasteiger partial charge in [0.15, 0.2) is 17.3 Å². The minimum atomic E-state index is -0.313. The van der Waals surface area contributed by atoms with Crippen LogP contribution in [0.1, 0.15) is 5.56 Å². The van der Waals surface area contributed by atoms with Crippen molar-refractivity contribution in [2.24, 2.45) is 0 Å². The van der Waals surface area contributed by atoms with Gasteiger partial charge in [0.25, 0.3) is 5.91 Å². The van der Waals surface area contributed by atoms with Crippen LogP contribution in [0.3, 0.4) is 0 Å². The van der Waals surface area contributed by atoms with E-state index in [-0.39, 0.29) is 11.7 Å². The Morgan fingerprint density at radius 3 is 2.70 bits per heavy atom. The first-order valence-corrected chi connectivity index (χ1v) is 7.32. The molecule has 0 spiro atoms. The molecule has 1 N–H and O–H groups in total. The zero-order valence-corrected chi connectivity index (χ0v) is 13.2. The number of ether oxygens (including phenoxy) is 1. The standard InChI is InChI=1S/C14H8Br2N2O2/c15-9-4-8(5-10(16)7-9)6-12-14(19)18-13-11(20-12)2-1-3-17-13/h1-7H,(H,17,18,19). The van der Waals surface area contributed by atoms with E-state index in [0.717, 1.165) is 14.5 Å². The molecule has 0 unspecified atom stereocenters. The van der Waals surface area contributed by atoms with Crippen LogP contribution in [-0.2, 0) is 4.79 Å². The van der Waals surface area contributed by atoms with Crippen LogP contribution in [0.5, 0.6) is 5.75 Å². The minimum Gasteiger partial charge on any atom is -0.448 e. The fourth-order valence-electron chi connectivity index (χ4n) is 1.81. The van der Waals surface area contributed by atoms with E-state index < -0.39 is 0 Å². The van der Waals surface area contributed by atoms with E-state index in [9.17, 15) is 4.79 Å². The van der Waals surface area contributed by atoms with Crippen LogP contribution < -0.4 is 10.1 Å². The highest BCUT2D eigenvalue weighted by atomic mass is 79.9. The van der Waals surface area contributed by atoms with E-state index in [1.807, 2.05) is 18.2 Å². The van der Waals surface area contributed by atoms with Gasteiger partial charge in [0, 0.05) is 15.1 Å². The first-order chi connectivity index (χ1) is 9.61. The van der Waals surface area contributed by atoms with Crippen LogP contribution in [0.15, 0.2) is 51.2 Å². The molecule has 1 aromatic carbocycles. The Kier molecular flexibility index (Phi) is 3.58. The molecule has 1 aliphatic heterocycles. The summed E-state index contributed by atoms with van der Waals surface area (Å²) in [7, 11) is 0. The van der Waals surface area contributed by atoms with Crippen molar-refractivity contribution < 1.29 is 9.53 Å². The first kappa shape index (κ1) is 13.3.